The zero-order valence-electron chi connectivity index (χ0n) is 14.3. The highest BCUT2D eigenvalue weighted by Crippen LogP contribution is 2.23. The summed E-state index contributed by atoms with van der Waals surface area (Å²) in [5.74, 6) is -0.431. The van der Waals surface area contributed by atoms with E-state index in [1.54, 1.807) is 0 Å². The number of amides is 1. The lowest BCUT2D eigenvalue weighted by Gasteiger charge is -2.06. The molecule has 0 aliphatic heterocycles. The fourth-order valence-electron chi connectivity index (χ4n) is 2.29. The fraction of sp³-hybridized carbons (Fsp3) is 0.316. The number of carbonyl (C=O) groups excluding carboxylic acids is 1. The Morgan fingerprint density at radius 3 is 2.96 bits per heavy atom. The second-order valence-corrected chi connectivity index (χ2v) is 5.90. The number of hydrogen-bond donors (Lipinski definition) is 1. The van der Waals surface area contributed by atoms with Crippen LogP contribution >= 0.6 is 11.6 Å². The van der Waals surface area contributed by atoms with Gasteiger partial charge in [-0.3, -0.25) is 4.79 Å². The van der Waals surface area contributed by atoms with E-state index in [0.29, 0.717) is 31.7 Å². The molecule has 0 saturated carbocycles. The first-order valence-electron chi connectivity index (χ1n) is 8.09. The second-order valence-electron chi connectivity index (χ2n) is 5.54. The molecule has 2 rings (SSSR count). The first-order valence-corrected chi connectivity index (χ1v) is 8.47. The molecule has 0 fully saturated rings. The fourth-order valence-corrected chi connectivity index (χ4v) is 2.49. The summed E-state index contributed by atoms with van der Waals surface area (Å²) in [4.78, 5) is 16.5. The monoisotopic (exact) mass is 357 g/mol. The number of nitrogens with one attached hydrogen (secondary N) is 1. The number of carbonyl (C=O) groups is 1. The van der Waals surface area contributed by atoms with E-state index in [2.05, 4.69) is 10.3 Å². The highest BCUT2D eigenvalue weighted by Gasteiger charge is 2.11. The lowest BCUT2D eigenvalue weighted by Crippen LogP contribution is -2.26. The quantitative estimate of drug-likeness (QED) is 0.355. The Bertz CT molecular complexity index is 840. The van der Waals surface area contributed by atoms with Crippen molar-refractivity contribution < 1.29 is 9.53 Å². The average Bonchev–Trinajstić information content (AvgIpc) is 2.59. The maximum atomic E-state index is 12.1. The molecule has 0 saturated heterocycles. The van der Waals surface area contributed by atoms with Gasteiger partial charge in [-0.25, -0.2) is 4.98 Å². The Kier molecular flexibility index (Phi) is 6.93. The van der Waals surface area contributed by atoms with Gasteiger partial charge < -0.3 is 10.1 Å². The highest BCUT2D eigenvalue weighted by molar-refractivity contribution is 6.31. The Balaban J connectivity index is 2.17. The topological polar surface area (TPSA) is 75.0 Å². The number of ether oxygens (including phenoxy) is 1. The Labute approximate surface area is 152 Å². The van der Waals surface area contributed by atoms with Crippen LogP contribution in [0.25, 0.3) is 17.0 Å². The van der Waals surface area contributed by atoms with Crippen molar-refractivity contribution >= 4 is 34.5 Å². The van der Waals surface area contributed by atoms with E-state index in [4.69, 9.17) is 16.3 Å². The molecule has 0 aliphatic carbocycles. The van der Waals surface area contributed by atoms with E-state index < -0.39 is 5.91 Å². The number of benzene rings is 1. The van der Waals surface area contributed by atoms with E-state index in [1.165, 1.54) is 6.08 Å². The normalized spacial score (nSPS) is 11.4. The van der Waals surface area contributed by atoms with Crippen molar-refractivity contribution in [3.05, 3.63) is 46.1 Å². The molecule has 1 aromatic heterocycles. The van der Waals surface area contributed by atoms with Gasteiger partial charge in [0.1, 0.15) is 16.8 Å². The largest absolute Gasteiger partial charge is 0.382 e. The van der Waals surface area contributed by atoms with Gasteiger partial charge >= 0.3 is 0 Å². The standard InChI is InChI=1S/C19H20ClN3O2/c1-3-25-8-4-7-22-19(24)16(12-21)11-15-10-14-6-5-13(2)9-17(14)23-18(15)20/h5-6,9-11H,3-4,7-8H2,1-2H3,(H,22,24)/b16-11+. The molecule has 1 amide bonds. The zero-order valence-corrected chi connectivity index (χ0v) is 15.1. The van der Waals surface area contributed by atoms with Gasteiger partial charge in [-0.05, 0) is 44.0 Å². The lowest BCUT2D eigenvalue weighted by atomic mass is 10.1. The molecule has 1 N–H and O–H groups in total. The molecule has 0 unspecified atom stereocenters. The number of nitrogens with zero attached hydrogens (tertiary/aromatic N) is 2. The van der Waals surface area contributed by atoms with Crippen molar-refractivity contribution in [2.24, 2.45) is 0 Å². The van der Waals surface area contributed by atoms with Gasteiger partial charge in [0.2, 0.25) is 0 Å². The van der Waals surface area contributed by atoms with Crippen molar-refractivity contribution in [1.29, 1.82) is 5.26 Å². The van der Waals surface area contributed by atoms with Gasteiger partial charge in [0.15, 0.2) is 0 Å². The number of aromatic nitrogens is 1. The zero-order chi connectivity index (χ0) is 18.2. The molecule has 6 heteroatoms. The van der Waals surface area contributed by atoms with Crippen LogP contribution in [-0.2, 0) is 9.53 Å². The highest BCUT2D eigenvalue weighted by atomic mass is 35.5. The van der Waals surface area contributed by atoms with Crippen LogP contribution in [0, 0.1) is 18.3 Å². The summed E-state index contributed by atoms with van der Waals surface area (Å²) in [6.45, 7) is 5.55. The molecule has 130 valence electrons. The van der Waals surface area contributed by atoms with Gasteiger partial charge in [0, 0.05) is 30.7 Å². The summed E-state index contributed by atoms with van der Waals surface area (Å²) in [6, 6.07) is 9.59. The van der Waals surface area contributed by atoms with Crippen LogP contribution in [0.2, 0.25) is 5.15 Å². The summed E-state index contributed by atoms with van der Waals surface area (Å²) in [6.07, 6.45) is 2.16. The number of nitriles is 1. The van der Waals surface area contributed by atoms with Crippen molar-refractivity contribution in [3.63, 3.8) is 0 Å². The van der Waals surface area contributed by atoms with Gasteiger partial charge in [-0.2, -0.15) is 5.26 Å². The van der Waals surface area contributed by atoms with Crippen LogP contribution in [0.3, 0.4) is 0 Å². The number of pyridine rings is 1. The third-order valence-electron chi connectivity index (χ3n) is 3.57. The second kappa shape index (κ2) is 9.16. The van der Waals surface area contributed by atoms with E-state index in [1.807, 2.05) is 44.2 Å². The Morgan fingerprint density at radius 2 is 2.24 bits per heavy atom. The predicted octanol–water partition coefficient (Wildman–Crippen LogP) is 3.65. The average molecular weight is 358 g/mol. The van der Waals surface area contributed by atoms with Gasteiger partial charge in [0.25, 0.3) is 5.91 Å². The van der Waals surface area contributed by atoms with E-state index in [9.17, 15) is 10.1 Å². The van der Waals surface area contributed by atoms with E-state index in [-0.39, 0.29) is 10.7 Å². The van der Waals surface area contributed by atoms with Crippen LogP contribution in [-0.4, -0.2) is 30.6 Å². The minimum Gasteiger partial charge on any atom is -0.382 e. The van der Waals surface area contributed by atoms with E-state index in [0.717, 1.165) is 16.5 Å². The first-order chi connectivity index (χ1) is 12.0. The Hall–Kier alpha value is -2.42. The van der Waals surface area contributed by atoms with Gasteiger partial charge in [-0.15, -0.1) is 0 Å². The molecule has 0 aliphatic rings. The van der Waals surface area contributed by atoms with Crippen LogP contribution < -0.4 is 5.32 Å². The molecular formula is C19H20ClN3O2. The Morgan fingerprint density at radius 1 is 1.44 bits per heavy atom. The van der Waals surface area contributed by atoms with Gasteiger partial charge in [0.05, 0.1) is 5.52 Å². The third kappa shape index (κ3) is 5.28. The summed E-state index contributed by atoms with van der Waals surface area (Å²) < 4.78 is 5.21. The first kappa shape index (κ1) is 18.9. The lowest BCUT2D eigenvalue weighted by molar-refractivity contribution is -0.117. The molecule has 1 aromatic carbocycles. The molecule has 0 bridgehead atoms. The smallest absolute Gasteiger partial charge is 0.261 e. The summed E-state index contributed by atoms with van der Waals surface area (Å²) in [5.41, 5.74) is 2.40. The molecule has 0 spiro atoms. The maximum absolute atomic E-state index is 12.1. The third-order valence-corrected chi connectivity index (χ3v) is 3.88. The minimum absolute atomic E-state index is 0.00780. The van der Waals surface area contributed by atoms with Crippen LogP contribution in [0.5, 0.6) is 0 Å². The van der Waals surface area contributed by atoms with Crippen molar-refractivity contribution in [2.45, 2.75) is 20.3 Å². The van der Waals surface area contributed by atoms with Gasteiger partial charge in [-0.1, -0.05) is 23.7 Å². The van der Waals surface area contributed by atoms with Crippen LogP contribution in [0.1, 0.15) is 24.5 Å². The van der Waals surface area contributed by atoms with Crippen LogP contribution in [0.15, 0.2) is 29.8 Å². The van der Waals surface area contributed by atoms with Crippen LogP contribution in [0.4, 0.5) is 0 Å². The molecular weight excluding hydrogens is 338 g/mol. The molecule has 2 aromatic rings. The molecule has 0 atom stereocenters. The van der Waals surface area contributed by atoms with Crippen molar-refractivity contribution in [3.8, 4) is 6.07 Å². The number of aryl methyl sites for hydroxylation is 1. The number of hydrogen-bond acceptors (Lipinski definition) is 4. The molecule has 0 radical (unpaired) electrons. The summed E-state index contributed by atoms with van der Waals surface area (Å²) >= 11 is 6.21. The summed E-state index contributed by atoms with van der Waals surface area (Å²) in [7, 11) is 0. The molecule has 1 heterocycles. The van der Waals surface area contributed by atoms with Crippen molar-refractivity contribution in [1.82, 2.24) is 10.3 Å². The molecule has 25 heavy (non-hydrogen) atoms. The minimum atomic E-state index is -0.431. The van der Waals surface area contributed by atoms with E-state index >= 15 is 0 Å². The SMILES string of the molecule is CCOCCCNC(=O)/C(C#N)=C/c1cc2ccc(C)cc2nc1Cl. The number of halogens is 1. The maximum Gasteiger partial charge on any atom is 0.261 e. The summed E-state index contributed by atoms with van der Waals surface area (Å²) in [5, 5.41) is 13.1. The van der Waals surface area contributed by atoms with Crippen molar-refractivity contribution in [2.75, 3.05) is 19.8 Å². The molecule has 5 nitrogen and oxygen atoms in total. The number of rotatable bonds is 7. The number of fused-ring (bicyclic) bond motifs is 1. The predicted molar refractivity (Wildman–Crippen MR) is 99.2 cm³/mol.